The highest BCUT2D eigenvalue weighted by atomic mass is 32.2. The van der Waals surface area contributed by atoms with Crippen LogP contribution in [0.5, 0.6) is 11.5 Å². The smallest absolute Gasteiger partial charge is 0.216 e. The van der Waals surface area contributed by atoms with Crippen molar-refractivity contribution < 1.29 is 17.9 Å². The molecule has 0 saturated heterocycles. The van der Waals surface area contributed by atoms with Crippen LogP contribution in [-0.4, -0.2) is 15.5 Å². The highest BCUT2D eigenvalue weighted by Gasteiger charge is 2.21. The van der Waals surface area contributed by atoms with Gasteiger partial charge in [0.15, 0.2) is 11.5 Å². The summed E-state index contributed by atoms with van der Waals surface area (Å²) in [5, 5.41) is 9.51. The Morgan fingerprint density at radius 3 is 2.33 bits per heavy atom. The molecule has 0 heterocycles. The van der Waals surface area contributed by atoms with E-state index in [2.05, 4.69) is 0 Å². The second kappa shape index (κ2) is 9.29. The predicted molar refractivity (Wildman–Crippen MR) is 116 cm³/mol. The van der Waals surface area contributed by atoms with Crippen molar-refractivity contribution in [3.8, 4) is 17.6 Å². The Bertz CT molecular complexity index is 1190. The molecule has 30 heavy (non-hydrogen) atoms. The molecule has 0 radical (unpaired) electrons. The van der Waals surface area contributed by atoms with E-state index in [1.54, 1.807) is 30.3 Å². The van der Waals surface area contributed by atoms with E-state index in [0.717, 1.165) is 11.1 Å². The molecule has 0 bridgehead atoms. The average Bonchev–Trinajstić information content (AvgIpc) is 2.77. The number of hydrogen-bond donors (Lipinski definition) is 0. The molecule has 0 aliphatic carbocycles. The van der Waals surface area contributed by atoms with Gasteiger partial charge in [-0.3, -0.25) is 0 Å². The number of nitrogens with zero attached hydrogens (tertiary/aromatic N) is 1. The van der Waals surface area contributed by atoms with Crippen LogP contribution >= 0.6 is 0 Å². The molecule has 0 aliphatic rings. The van der Waals surface area contributed by atoms with E-state index in [4.69, 9.17) is 9.47 Å². The van der Waals surface area contributed by atoms with Crippen molar-refractivity contribution in [1.82, 2.24) is 0 Å². The first-order valence-electron chi connectivity index (χ1n) is 9.22. The van der Waals surface area contributed by atoms with E-state index >= 15 is 0 Å². The van der Waals surface area contributed by atoms with Crippen LogP contribution in [0.3, 0.4) is 0 Å². The van der Waals surface area contributed by atoms with E-state index in [0.29, 0.717) is 23.7 Å². The summed E-state index contributed by atoms with van der Waals surface area (Å²) < 4.78 is 36.9. The lowest BCUT2D eigenvalue weighted by molar-refractivity contribution is 0.284. The Kier molecular flexibility index (Phi) is 6.55. The number of ether oxygens (including phenoxy) is 2. The molecule has 5 nitrogen and oxygen atoms in total. The van der Waals surface area contributed by atoms with Gasteiger partial charge in [0.05, 0.1) is 12.0 Å². The fraction of sp³-hybridized carbons (Fsp3) is 0.125. The molecule has 0 amide bonds. The molecule has 0 aromatic heterocycles. The molecule has 3 aromatic carbocycles. The third-order valence-electron chi connectivity index (χ3n) is 4.45. The second-order valence-electron chi connectivity index (χ2n) is 6.62. The third-order valence-corrected chi connectivity index (χ3v) is 6.13. The first-order chi connectivity index (χ1) is 14.4. The maximum absolute atomic E-state index is 12.9. The van der Waals surface area contributed by atoms with E-state index in [1.165, 1.54) is 25.3 Å². The average molecular weight is 420 g/mol. The molecule has 3 rings (SSSR count). The van der Waals surface area contributed by atoms with E-state index in [1.807, 2.05) is 43.3 Å². The molecule has 3 aromatic rings. The van der Waals surface area contributed by atoms with Crippen molar-refractivity contribution in [3.63, 3.8) is 0 Å². The summed E-state index contributed by atoms with van der Waals surface area (Å²) in [5.74, 6) is 0.975. The lowest BCUT2D eigenvalue weighted by Crippen LogP contribution is -2.03. The van der Waals surface area contributed by atoms with Crippen molar-refractivity contribution in [2.75, 3.05) is 7.11 Å². The van der Waals surface area contributed by atoms with Crippen LogP contribution in [0.2, 0.25) is 0 Å². The molecule has 0 N–H and O–H groups in total. The molecule has 0 aliphatic heterocycles. The highest BCUT2D eigenvalue weighted by Crippen LogP contribution is 2.31. The zero-order valence-corrected chi connectivity index (χ0v) is 17.5. The normalized spacial score (nSPS) is 11.6. The Morgan fingerprint density at radius 1 is 1.00 bits per heavy atom. The summed E-state index contributed by atoms with van der Waals surface area (Å²) in [4.78, 5) is -0.263. The Morgan fingerprint density at radius 2 is 1.70 bits per heavy atom. The SMILES string of the molecule is COc1ccc(/C=C(\C#N)S(=O)(=O)c2ccc(C)cc2)cc1OCc1ccccc1. The van der Waals surface area contributed by atoms with Gasteiger partial charge in [-0.1, -0.05) is 54.1 Å². The second-order valence-corrected chi connectivity index (χ2v) is 8.54. The molecular formula is C24H21NO4S. The zero-order valence-electron chi connectivity index (χ0n) is 16.7. The lowest BCUT2D eigenvalue weighted by Gasteiger charge is -2.12. The summed E-state index contributed by atoms with van der Waals surface area (Å²) in [6.07, 6.45) is 1.34. The van der Waals surface area contributed by atoms with Gasteiger partial charge in [-0.15, -0.1) is 0 Å². The van der Waals surface area contributed by atoms with Gasteiger partial charge in [0.1, 0.15) is 17.6 Å². The van der Waals surface area contributed by atoms with Crippen molar-refractivity contribution >= 4 is 15.9 Å². The summed E-state index contributed by atoms with van der Waals surface area (Å²) >= 11 is 0. The van der Waals surface area contributed by atoms with Crippen molar-refractivity contribution in [3.05, 3.63) is 94.4 Å². The first-order valence-corrected chi connectivity index (χ1v) is 10.7. The largest absolute Gasteiger partial charge is 0.493 e. The van der Waals surface area contributed by atoms with E-state index in [9.17, 15) is 13.7 Å². The number of aryl methyl sites for hydroxylation is 1. The first kappa shape index (κ1) is 21.2. The van der Waals surface area contributed by atoms with Gasteiger partial charge in [0.25, 0.3) is 0 Å². The number of rotatable bonds is 7. The molecule has 0 fully saturated rings. The molecular weight excluding hydrogens is 398 g/mol. The van der Waals surface area contributed by atoms with Crippen LogP contribution in [0.1, 0.15) is 16.7 Å². The quantitative estimate of drug-likeness (QED) is 0.508. The summed E-state index contributed by atoms with van der Waals surface area (Å²) in [5.41, 5.74) is 2.44. The Labute approximate surface area is 176 Å². The van der Waals surface area contributed by atoms with Crippen molar-refractivity contribution in [1.29, 1.82) is 5.26 Å². The number of methoxy groups -OCH3 is 1. The van der Waals surface area contributed by atoms with Gasteiger partial charge in [-0.05, 0) is 48.4 Å². The third kappa shape index (κ3) is 4.88. The van der Waals surface area contributed by atoms with Crippen molar-refractivity contribution in [2.45, 2.75) is 18.4 Å². The minimum atomic E-state index is -3.92. The number of sulfone groups is 1. The van der Waals surface area contributed by atoms with Gasteiger partial charge in [-0.2, -0.15) is 5.26 Å². The summed E-state index contributed by atoms with van der Waals surface area (Å²) in [7, 11) is -2.39. The molecule has 0 unspecified atom stereocenters. The number of hydrogen-bond acceptors (Lipinski definition) is 5. The van der Waals surface area contributed by atoms with Gasteiger partial charge in [0, 0.05) is 0 Å². The zero-order chi connectivity index (χ0) is 21.6. The molecule has 0 atom stereocenters. The highest BCUT2D eigenvalue weighted by molar-refractivity contribution is 7.95. The maximum atomic E-state index is 12.9. The van der Waals surface area contributed by atoms with E-state index < -0.39 is 9.84 Å². The topological polar surface area (TPSA) is 76.4 Å². The van der Waals surface area contributed by atoms with Crippen LogP contribution in [0, 0.1) is 18.3 Å². The molecule has 0 saturated carbocycles. The fourth-order valence-electron chi connectivity index (χ4n) is 2.80. The Hall–Kier alpha value is -3.56. The fourth-order valence-corrected chi connectivity index (χ4v) is 3.96. The summed E-state index contributed by atoms with van der Waals surface area (Å²) in [6, 6.07) is 22.9. The summed E-state index contributed by atoms with van der Waals surface area (Å²) in [6.45, 7) is 2.20. The van der Waals surface area contributed by atoms with Crippen molar-refractivity contribution in [2.24, 2.45) is 0 Å². The van der Waals surface area contributed by atoms with Crippen LogP contribution in [0.25, 0.3) is 6.08 Å². The molecule has 0 spiro atoms. The van der Waals surface area contributed by atoms with Gasteiger partial charge in [-0.25, -0.2) is 8.42 Å². The molecule has 152 valence electrons. The Balaban J connectivity index is 1.92. The van der Waals surface area contributed by atoms with Crippen LogP contribution in [0.4, 0.5) is 0 Å². The van der Waals surface area contributed by atoms with Crippen LogP contribution < -0.4 is 9.47 Å². The lowest BCUT2D eigenvalue weighted by atomic mass is 10.2. The number of benzene rings is 3. The van der Waals surface area contributed by atoms with Gasteiger partial charge < -0.3 is 9.47 Å². The minimum Gasteiger partial charge on any atom is -0.493 e. The minimum absolute atomic E-state index is 0.0787. The molecule has 6 heteroatoms. The standard InChI is InChI=1S/C24H21NO4S/c1-18-8-11-21(12-9-18)30(26,27)22(16-25)14-20-10-13-23(28-2)24(15-20)29-17-19-6-4-3-5-7-19/h3-15H,17H2,1-2H3/b22-14+. The van der Waals surface area contributed by atoms with E-state index in [-0.39, 0.29) is 9.80 Å². The van der Waals surface area contributed by atoms with Crippen LogP contribution in [-0.2, 0) is 16.4 Å². The maximum Gasteiger partial charge on any atom is 0.216 e. The van der Waals surface area contributed by atoms with Gasteiger partial charge in [0.2, 0.25) is 9.84 Å². The van der Waals surface area contributed by atoms with Gasteiger partial charge >= 0.3 is 0 Å². The number of nitriles is 1. The number of allylic oxidation sites excluding steroid dienone is 1. The predicted octanol–water partition coefficient (Wildman–Crippen LogP) is 4.92. The monoisotopic (exact) mass is 419 g/mol. The van der Waals surface area contributed by atoms with Crippen LogP contribution in [0.15, 0.2) is 82.6 Å².